The van der Waals surface area contributed by atoms with Crippen molar-refractivity contribution >= 4 is 0 Å². The molecule has 0 aliphatic heterocycles. The fourth-order valence-electron chi connectivity index (χ4n) is 1.55. The first-order valence-electron chi connectivity index (χ1n) is 5.78. The first-order valence-corrected chi connectivity index (χ1v) is 5.78. The van der Waals surface area contributed by atoms with Crippen LogP contribution in [0.1, 0.15) is 11.1 Å². The fraction of sp³-hybridized carbons (Fsp3) is 0.538. The van der Waals surface area contributed by atoms with Gasteiger partial charge in [0.15, 0.2) is 0 Å². The lowest BCUT2D eigenvalue weighted by Gasteiger charge is -2.18. The number of hydrazine groups is 1. The summed E-state index contributed by atoms with van der Waals surface area (Å²) in [5, 5.41) is 11.5. The Morgan fingerprint density at radius 1 is 1.29 bits per heavy atom. The van der Waals surface area contributed by atoms with Gasteiger partial charge in [-0.3, -0.25) is 10.4 Å². The second-order valence-electron chi connectivity index (χ2n) is 4.44. The Morgan fingerprint density at radius 2 is 1.88 bits per heavy atom. The summed E-state index contributed by atoms with van der Waals surface area (Å²) in [7, 11) is 3.78. The molecule has 0 amide bonds. The largest absolute Gasteiger partial charge is 0.490 e. The van der Waals surface area contributed by atoms with E-state index in [0.717, 1.165) is 16.9 Å². The molecule has 0 radical (unpaired) electrons. The van der Waals surface area contributed by atoms with Gasteiger partial charge in [-0.1, -0.05) is 18.2 Å². The van der Waals surface area contributed by atoms with Crippen LogP contribution in [0.3, 0.4) is 0 Å². The number of para-hydroxylation sites is 1. The van der Waals surface area contributed by atoms with E-state index < -0.39 is 6.10 Å². The Hall–Kier alpha value is -1.10. The van der Waals surface area contributed by atoms with Crippen molar-refractivity contribution in [1.29, 1.82) is 0 Å². The number of aliphatic hydroxyl groups excluding tert-OH is 1. The molecule has 17 heavy (non-hydrogen) atoms. The maximum atomic E-state index is 9.73. The van der Waals surface area contributed by atoms with Crippen molar-refractivity contribution in [2.45, 2.75) is 20.0 Å². The van der Waals surface area contributed by atoms with Gasteiger partial charge in [0.2, 0.25) is 0 Å². The Bertz CT molecular complexity index is 333. The number of hydrogen-bond acceptors (Lipinski definition) is 4. The maximum absolute atomic E-state index is 9.73. The van der Waals surface area contributed by atoms with Crippen LogP contribution in [0, 0.1) is 13.8 Å². The summed E-state index contributed by atoms with van der Waals surface area (Å²) in [6.07, 6.45) is -0.517. The van der Waals surface area contributed by atoms with Gasteiger partial charge >= 0.3 is 0 Å². The molecular weight excluding hydrogens is 216 g/mol. The Balaban J connectivity index is 2.44. The van der Waals surface area contributed by atoms with Crippen molar-refractivity contribution in [3.8, 4) is 5.75 Å². The zero-order valence-corrected chi connectivity index (χ0v) is 11.0. The highest BCUT2D eigenvalue weighted by Gasteiger charge is 2.08. The average molecular weight is 238 g/mol. The molecule has 0 saturated carbocycles. The quantitative estimate of drug-likeness (QED) is 0.729. The molecular formula is C13H22N2O2. The Kier molecular flexibility index (Phi) is 5.41. The highest BCUT2D eigenvalue weighted by molar-refractivity contribution is 5.39. The molecule has 1 atom stereocenters. The van der Waals surface area contributed by atoms with Gasteiger partial charge in [0.25, 0.3) is 0 Å². The van der Waals surface area contributed by atoms with Crippen molar-refractivity contribution in [1.82, 2.24) is 10.4 Å². The van der Waals surface area contributed by atoms with Crippen molar-refractivity contribution in [2.24, 2.45) is 0 Å². The molecule has 0 aliphatic carbocycles. The van der Waals surface area contributed by atoms with Gasteiger partial charge < -0.3 is 9.84 Å². The van der Waals surface area contributed by atoms with E-state index in [1.54, 1.807) is 0 Å². The van der Waals surface area contributed by atoms with Gasteiger partial charge in [-0.15, -0.1) is 0 Å². The Morgan fingerprint density at radius 3 is 2.41 bits per heavy atom. The van der Waals surface area contributed by atoms with E-state index in [-0.39, 0.29) is 0 Å². The molecule has 0 aromatic heterocycles. The van der Waals surface area contributed by atoms with Gasteiger partial charge in [0, 0.05) is 20.6 Å². The number of aliphatic hydroxyl groups is 1. The molecule has 0 saturated heterocycles. The third-order valence-electron chi connectivity index (χ3n) is 2.47. The van der Waals surface area contributed by atoms with E-state index >= 15 is 0 Å². The van der Waals surface area contributed by atoms with Crippen LogP contribution in [-0.2, 0) is 0 Å². The molecule has 1 aromatic carbocycles. The van der Waals surface area contributed by atoms with Crippen LogP contribution in [-0.4, -0.2) is 43.5 Å². The third-order valence-corrected chi connectivity index (χ3v) is 2.47. The number of aryl methyl sites for hydroxylation is 2. The van der Waals surface area contributed by atoms with Gasteiger partial charge in [0.1, 0.15) is 18.5 Å². The average Bonchev–Trinajstić information content (AvgIpc) is 2.25. The number of hydrogen-bond donors (Lipinski definition) is 2. The molecule has 1 unspecified atom stereocenters. The SMILES string of the molecule is Cc1cccc(C)c1OCC(O)CNN(C)C. The Labute approximate surface area is 103 Å². The fourth-order valence-corrected chi connectivity index (χ4v) is 1.55. The molecule has 96 valence electrons. The first kappa shape index (κ1) is 14.0. The predicted octanol–water partition coefficient (Wildman–Crippen LogP) is 1.11. The van der Waals surface area contributed by atoms with E-state index in [1.165, 1.54) is 0 Å². The summed E-state index contributed by atoms with van der Waals surface area (Å²) >= 11 is 0. The molecule has 0 heterocycles. The number of nitrogens with one attached hydrogen (secondary N) is 1. The predicted molar refractivity (Wildman–Crippen MR) is 69.1 cm³/mol. The lowest BCUT2D eigenvalue weighted by Crippen LogP contribution is -2.39. The number of nitrogens with zero attached hydrogens (tertiary/aromatic N) is 1. The highest BCUT2D eigenvalue weighted by atomic mass is 16.5. The lowest BCUT2D eigenvalue weighted by molar-refractivity contribution is 0.0878. The molecule has 2 N–H and O–H groups in total. The summed E-state index contributed by atoms with van der Waals surface area (Å²) in [5.74, 6) is 0.872. The molecule has 0 spiro atoms. The minimum absolute atomic E-state index is 0.298. The van der Waals surface area contributed by atoms with E-state index in [2.05, 4.69) is 5.43 Å². The lowest BCUT2D eigenvalue weighted by atomic mass is 10.1. The van der Waals surface area contributed by atoms with Gasteiger partial charge in [0.05, 0.1) is 0 Å². The smallest absolute Gasteiger partial charge is 0.125 e. The minimum atomic E-state index is -0.517. The summed E-state index contributed by atoms with van der Waals surface area (Å²) in [5.41, 5.74) is 5.20. The minimum Gasteiger partial charge on any atom is -0.490 e. The third kappa shape index (κ3) is 4.73. The monoisotopic (exact) mass is 238 g/mol. The topological polar surface area (TPSA) is 44.7 Å². The van der Waals surface area contributed by atoms with Gasteiger partial charge in [-0.05, 0) is 25.0 Å². The van der Waals surface area contributed by atoms with E-state index in [4.69, 9.17) is 4.74 Å². The zero-order valence-electron chi connectivity index (χ0n) is 11.0. The summed E-state index contributed by atoms with van der Waals surface area (Å²) in [4.78, 5) is 0. The number of ether oxygens (including phenoxy) is 1. The van der Waals surface area contributed by atoms with Gasteiger partial charge in [-0.2, -0.15) is 0 Å². The van der Waals surface area contributed by atoms with Crippen LogP contribution in [0.15, 0.2) is 18.2 Å². The summed E-state index contributed by atoms with van der Waals surface area (Å²) in [6.45, 7) is 4.80. The second kappa shape index (κ2) is 6.59. The zero-order chi connectivity index (χ0) is 12.8. The molecule has 4 heteroatoms. The van der Waals surface area contributed by atoms with Crippen molar-refractivity contribution < 1.29 is 9.84 Å². The molecule has 1 rings (SSSR count). The van der Waals surface area contributed by atoms with E-state index in [1.807, 2.05) is 51.2 Å². The van der Waals surface area contributed by atoms with Crippen molar-refractivity contribution in [3.05, 3.63) is 29.3 Å². The molecule has 0 bridgehead atoms. The molecule has 0 fully saturated rings. The summed E-state index contributed by atoms with van der Waals surface area (Å²) in [6, 6.07) is 6.02. The van der Waals surface area contributed by atoms with Crippen LogP contribution < -0.4 is 10.2 Å². The highest BCUT2D eigenvalue weighted by Crippen LogP contribution is 2.22. The van der Waals surface area contributed by atoms with Crippen molar-refractivity contribution in [3.63, 3.8) is 0 Å². The summed E-state index contributed by atoms with van der Waals surface area (Å²) < 4.78 is 5.65. The normalized spacial score (nSPS) is 12.8. The van der Waals surface area contributed by atoms with E-state index in [9.17, 15) is 5.11 Å². The van der Waals surface area contributed by atoms with Crippen LogP contribution in [0.2, 0.25) is 0 Å². The maximum Gasteiger partial charge on any atom is 0.125 e. The van der Waals surface area contributed by atoms with E-state index in [0.29, 0.717) is 13.2 Å². The molecule has 0 aliphatic rings. The van der Waals surface area contributed by atoms with Gasteiger partial charge in [-0.25, -0.2) is 0 Å². The van der Waals surface area contributed by atoms with Crippen LogP contribution >= 0.6 is 0 Å². The number of benzene rings is 1. The molecule has 1 aromatic rings. The molecule has 4 nitrogen and oxygen atoms in total. The van der Waals surface area contributed by atoms with Crippen LogP contribution in [0.5, 0.6) is 5.75 Å². The number of rotatable bonds is 6. The first-order chi connectivity index (χ1) is 8.00. The second-order valence-corrected chi connectivity index (χ2v) is 4.44. The van der Waals surface area contributed by atoms with Crippen molar-refractivity contribution in [2.75, 3.05) is 27.2 Å². The standard InChI is InChI=1S/C13H22N2O2/c1-10-6-5-7-11(2)13(10)17-9-12(16)8-14-15(3)4/h5-7,12,14,16H,8-9H2,1-4H3. The van der Waals surface area contributed by atoms with Crippen LogP contribution in [0.4, 0.5) is 0 Å². The van der Waals surface area contributed by atoms with Crippen LogP contribution in [0.25, 0.3) is 0 Å².